The number of benzene rings is 3. The van der Waals surface area contributed by atoms with Crippen molar-refractivity contribution in [2.75, 3.05) is 7.11 Å². The van der Waals surface area contributed by atoms with Crippen molar-refractivity contribution < 1.29 is 22.7 Å². The molecular formula is C18H11F3O2. The van der Waals surface area contributed by atoms with E-state index in [1.165, 1.54) is 19.2 Å². The molecule has 3 aromatic rings. The minimum atomic E-state index is -1.00. The van der Waals surface area contributed by atoms with Crippen molar-refractivity contribution in [3.63, 3.8) is 0 Å². The van der Waals surface area contributed by atoms with Gasteiger partial charge in [-0.1, -0.05) is 24.3 Å². The van der Waals surface area contributed by atoms with Crippen LogP contribution in [0.1, 0.15) is 10.4 Å². The number of methoxy groups -OCH3 is 1. The number of fused-ring (bicyclic) bond motifs is 1. The van der Waals surface area contributed by atoms with Crippen molar-refractivity contribution in [2.45, 2.75) is 0 Å². The van der Waals surface area contributed by atoms with Crippen LogP contribution >= 0.6 is 0 Å². The van der Waals surface area contributed by atoms with E-state index in [9.17, 15) is 18.0 Å². The van der Waals surface area contributed by atoms with Crippen LogP contribution in [-0.2, 0) is 4.74 Å². The molecule has 0 atom stereocenters. The lowest BCUT2D eigenvalue weighted by Crippen LogP contribution is -2.01. The number of carbonyl (C=O) groups is 1. The highest BCUT2D eigenvalue weighted by Crippen LogP contribution is 2.33. The van der Waals surface area contributed by atoms with Gasteiger partial charge in [0.15, 0.2) is 0 Å². The van der Waals surface area contributed by atoms with Crippen molar-refractivity contribution in [3.05, 3.63) is 71.5 Å². The minimum absolute atomic E-state index is 0.239. The average Bonchev–Trinajstić information content (AvgIpc) is 2.53. The Morgan fingerprint density at radius 2 is 1.65 bits per heavy atom. The van der Waals surface area contributed by atoms with Crippen LogP contribution in [-0.4, -0.2) is 13.1 Å². The third kappa shape index (κ3) is 2.65. The fraction of sp³-hybridized carbons (Fsp3) is 0.0556. The topological polar surface area (TPSA) is 26.3 Å². The summed E-state index contributed by atoms with van der Waals surface area (Å²) in [5.74, 6) is -3.54. The monoisotopic (exact) mass is 316 g/mol. The molecule has 0 aromatic heterocycles. The second-order valence-corrected chi connectivity index (χ2v) is 4.98. The first-order chi connectivity index (χ1) is 11.0. The zero-order valence-electron chi connectivity index (χ0n) is 12.1. The number of halogens is 3. The standard InChI is InChI=1S/C18H11F3O2/c1-23-18(22)11-6-5-10-3-2-4-13(14(10)7-11)17-15(20)8-12(19)9-16(17)21/h2-9H,1H3. The minimum Gasteiger partial charge on any atom is -0.465 e. The highest BCUT2D eigenvalue weighted by Gasteiger charge is 2.17. The summed E-state index contributed by atoms with van der Waals surface area (Å²) in [4.78, 5) is 11.7. The fourth-order valence-corrected chi connectivity index (χ4v) is 2.53. The SMILES string of the molecule is COC(=O)c1ccc2cccc(-c3c(F)cc(F)cc3F)c2c1. The van der Waals surface area contributed by atoms with Gasteiger partial charge in [-0.15, -0.1) is 0 Å². The quantitative estimate of drug-likeness (QED) is 0.640. The molecule has 3 aromatic carbocycles. The summed E-state index contributed by atoms with van der Waals surface area (Å²) in [5, 5.41) is 1.16. The smallest absolute Gasteiger partial charge is 0.337 e. The molecule has 0 unspecified atom stereocenters. The van der Waals surface area contributed by atoms with Crippen molar-refractivity contribution in [1.29, 1.82) is 0 Å². The Morgan fingerprint density at radius 3 is 2.30 bits per heavy atom. The Balaban J connectivity index is 2.32. The summed E-state index contributed by atoms with van der Waals surface area (Å²) in [5.41, 5.74) is 0.164. The zero-order valence-corrected chi connectivity index (χ0v) is 12.1. The van der Waals surface area contributed by atoms with E-state index < -0.39 is 23.4 Å². The molecule has 0 N–H and O–H groups in total. The molecular weight excluding hydrogens is 305 g/mol. The second-order valence-electron chi connectivity index (χ2n) is 4.98. The summed E-state index contributed by atoms with van der Waals surface area (Å²) in [6, 6.07) is 10.9. The molecule has 23 heavy (non-hydrogen) atoms. The van der Waals surface area contributed by atoms with Crippen molar-refractivity contribution in [2.24, 2.45) is 0 Å². The first kappa shape index (κ1) is 15.1. The van der Waals surface area contributed by atoms with Gasteiger partial charge in [0.2, 0.25) is 0 Å². The highest BCUT2D eigenvalue weighted by molar-refractivity contribution is 6.01. The van der Waals surface area contributed by atoms with E-state index in [2.05, 4.69) is 4.74 Å². The van der Waals surface area contributed by atoms with Gasteiger partial charge in [-0.05, 0) is 28.5 Å². The van der Waals surface area contributed by atoms with Gasteiger partial charge in [0.25, 0.3) is 0 Å². The van der Waals surface area contributed by atoms with Gasteiger partial charge in [-0.3, -0.25) is 0 Å². The van der Waals surface area contributed by atoms with Crippen molar-refractivity contribution in [1.82, 2.24) is 0 Å². The van der Waals surface area contributed by atoms with Crippen LogP contribution < -0.4 is 0 Å². The summed E-state index contributed by atoms with van der Waals surface area (Å²) < 4.78 is 45.9. The van der Waals surface area contributed by atoms with Gasteiger partial charge in [-0.25, -0.2) is 18.0 Å². The van der Waals surface area contributed by atoms with Gasteiger partial charge in [0.05, 0.1) is 18.2 Å². The number of hydrogen-bond acceptors (Lipinski definition) is 2. The molecule has 2 nitrogen and oxygen atoms in total. The van der Waals surface area contributed by atoms with E-state index in [4.69, 9.17) is 0 Å². The molecule has 0 saturated carbocycles. The Hall–Kier alpha value is -2.82. The molecule has 0 fully saturated rings. The summed E-state index contributed by atoms with van der Waals surface area (Å²) >= 11 is 0. The van der Waals surface area contributed by atoms with Gasteiger partial charge < -0.3 is 4.74 Å². The maximum atomic E-state index is 14.1. The average molecular weight is 316 g/mol. The molecule has 116 valence electrons. The van der Waals surface area contributed by atoms with Crippen LogP contribution in [0.2, 0.25) is 0 Å². The summed E-state index contributed by atoms with van der Waals surface area (Å²) in [6.45, 7) is 0. The molecule has 0 heterocycles. The normalized spacial score (nSPS) is 10.8. The van der Waals surface area contributed by atoms with Gasteiger partial charge in [-0.2, -0.15) is 0 Å². The van der Waals surface area contributed by atoms with E-state index in [0.717, 1.165) is 0 Å². The lowest BCUT2D eigenvalue weighted by molar-refractivity contribution is 0.0601. The molecule has 5 heteroatoms. The summed E-state index contributed by atoms with van der Waals surface area (Å²) in [6.07, 6.45) is 0. The predicted molar refractivity (Wildman–Crippen MR) is 80.6 cm³/mol. The Bertz CT molecular complexity index is 896. The first-order valence-corrected chi connectivity index (χ1v) is 6.77. The van der Waals surface area contributed by atoms with Crippen LogP contribution in [0.4, 0.5) is 13.2 Å². The van der Waals surface area contributed by atoms with Gasteiger partial charge >= 0.3 is 5.97 Å². The maximum Gasteiger partial charge on any atom is 0.337 e. The molecule has 0 spiro atoms. The lowest BCUT2D eigenvalue weighted by atomic mass is 9.96. The molecule has 0 aliphatic carbocycles. The van der Waals surface area contributed by atoms with E-state index in [-0.39, 0.29) is 16.7 Å². The van der Waals surface area contributed by atoms with Gasteiger partial charge in [0, 0.05) is 12.1 Å². The van der Waals surface area contributed by atoms with E-state index in [1.54, 1.807) is 24.3 Å². The molecule has 0 aliphatic rings. The van der Waals surface area contributed by atoms with Crippen LogP contribution in [0.15, 0.2) is 48.5 Å². The Morgan fingerprint density at radius 1 is 0.957 bits per heavy atom. The number of rotatable bonds is 2. The van der Waals surface area contributed by atoms with Crippen LogP contribution in [0, 0.1) is 17.5 Å². The Kier molecular flexibility index (Phi) is 3.78. The number of carbonyl (C=O) groups excluding carboxylic acids is 1. The largest absolute Gasteiger partial charge is 0.465 e. The summed E-state index contributed by atoms with van der Waals surface area (Å²) in [7, 11) is 1.25. The van der Waals surface area contributed by atoms with Crippen molar-refractivity contribution >= 4 is 16.7 Å². The van der Waals surface area contributed by atoms with Crippen LogP contribution in [0.3, 0.4) is 0 Å². The number of ether oxygens (including phenoxy) is 1. The van der Waals surface area contributed by atoms with E-state index in [0.29, 0.717) is 22.9 Å². The van der Waals surface area contributed by atoms with Gasteiger partial charge in [0.1, 0.15) is 17.5 Å². The Labute approximate surface area is 130 Å². The lowest BCUT2D eigenvalue weighted by Gasteiger charge is -2.10. The first-order valence-electron chi connectivity index (χ1n) is 6.77. The third-order valence-corrected chi connectivity index (χ3v) is 3.58. The molecule has 0 aliphatic heterocycles. The highest BCUT2D eigenvalue weighted by atomic mass is 19.1. The van der Waals surface area contributed by atoms with Crippen molar-refractivity contribution in [3.8, 4) is 11.1 Å². The predicted octanol–water partition coefficient (Wildman–Crippen LogP) is 4.71. The molecule has 0 saturated heterocycles. The molecule has 3 rings (SSSR count). The van der Waals surface area contributed by atoms with E-state index >= 15 is 0 Å². The fourth-order valence-electron chi connectivity index (χ4n) is 2.53. The van der Waals surface area contributed by atoms with Crippen LogP contribution in [0.5, 0.6) is 0 Å². The molecule has 0 radical (unpaired) electrons. The van der Waals surface area contributed by atoms with Crippen LogP contribution in [0.25, 0.3) is 21.9 Å². The zero-order chi connectivity index (χ0) is 16.6. The molecule has 0 bridgehead atoms. The molecule has 0 amide bonds. The van der Waals surface area contributed by atoms with E-state index in [1.807, 2.05) is 0 Å². The number of hydrogen-bond donors (Lipinski definition) is 0. The maximum absolute atomic E-state index is 14.1. The number of esters is 1. The second kappa shape index (κ2) is 5.76. The third-order valence-electron chi connectivity index (χ3n) is 3.58.